The van der Waals surface area contributed by atoms with Crippen molar-refractivity contribution in [2.45, 2.75) is 25.8 Å². The molecule has 8 heteroatoms. The Balaban J connectivity index is 1.59. The topological polar surface area (TPSA) is 79.0 Å². The maximum atomic E-state index is 14.0. The number of carbonyl (C=O) groups excluding carboxylic acids is 3. The molecule has 0 radical (unpaired) electrons. The highest BCUT2D eigenvalue weighted by Crippen LogP contribution is 2.33. The summed E-state index contributed by atoms with van der Waals surface area (Å²) < 4.78 is 19.3. The third-order valence-corrected chi connectivity index (χ3v) is 5.30. The van der Waals surface area contributed by atoms with Crippen LogP contribution in [0.4, 0.5) is 15.8 Å². The van der Waals surface area contributed by atoms with Crippen LogP contribution in [0.1, 0.15) is 30.1 Å². The Labute approximate surface area is 173 Å². The molecule has 2 aliphatic rings. The van der Waals surface area contributed by atoms with Crippen molar-refractivity contribution in [2.24, 2.45) is 0 Å². The molecule has 4 rings (SSSR count). The van der Waals surface area contributed by atoms with Crippen molar-refractivity contribution >= 4 is 29.1 Å². The third-order valence-electron chi connectivity index (χ3n) is 5.30. The van der Waals surface area contributed by atoms with Gasteiger partial charge in [0, 0.05) is 12.2 Å². The van der Waals surface area contributed by atoms with Crippen LogP contribution in [0.2, 0.25) is 0 Å². The SMILES string of the molecule is CCOc1ccc(NC(=O)CN2C(=O)[C@H]3CCCN3C(=O)c3ccc(F)cc32)cc1. The van der Waals surface area contributed by atoms with E-state index in [-0.39, 0.29) is 29.6 Å². The Morgan fingerprint density at radius 2 is 1.97 bits per heavy atom. The molecule has 30 heavy (non-hydrogen) atoms. The van der Waals surface area contributed by atoms with Gasteiger partial charge < -0.3 is 19.9 Å². The van der Waals surface area contributed by atoms with Crippen LogP contribution in [0.25, 0.3) is 0 Å². The molecule has 7 nitrogen and oxygen atoms in total. The van der Waals surface area contributed by atoms with E-state index >= 15 is 0 Å². The lowest BCUT2D eigenvalue weighted by molar-refractivity contribution is -0.124. The standard InChI is InChI=1S/C22H22FN3O4/c1-2-30-16-8-6-15(7-9-16)24-20(27)13-26-19-12-14(23)5-10-17(19)21(28)25-11-3-4-18(25)22(26)29/h5-10,12,18H,2-4,11,13H2,1H3,(H,24,27)/t18-/m1/s1. The average Bonchev–Trinajstić information content (AvgIpc) is 3.20. The van der Waals surface area contributed by atoms with Crippen molar-refractivity contribution < 1.29 is 23.5 Å². The molecule has 0 spiro atoms. The third kappa shape index (κ3) is 3.72. The maximum absolute atomic E-state index is 14.0. The molecule has 2 aromatic rings. The fourth-order valence-electron chi connectivity index (χ4n) is 3.94. The van der Waals surface area contributed by atoms with E-state index in [4.69, 9.17) is 4.74 Å². The van der Waals surface area contributed by atoms with Gasteiger partial charge in [-0.1, -0.05) is 0 Å². The second-order valence-electron chi connectivity index (χ2n) is 7.25. The molecule has 1 fully saturated rings. The summed E-state index contributed by atoms with van der Waals surface area (Å²) in [6.45, 7) is 2.57. The summed E-state index contributed by atoms with van der Waals surface area (Å²) >= 11 is 0. The Bertz CT molecular complexity index is 992. The second-order valence-corrected chi connectivity index (χ2v) is 7.25. The summed E-state index contributed by atoms with van der Waals surface area (Å²) in [5.74, 6) is -1.01. The molecule has 3 amide bonds. The zero-order chi connectivity index (χ0) is 21.3. The van der Waals surface area contributed by atoms with Gasteiger partial charge in [-0.2, -0.15) is 0 Å². The van der Waals surface area contributed by atoms with Crippen LogP contribution in [0.3, 0.4) is 0 Å². The van der Waals surface area contributed by atoms with Gasteiger partial charge in [-0.05, 0) is 62.2 Å². The first-order valence-electron chi connectivity index (χ1n) is 9.92. The zero-order valence-electron chi connectivity index (χ0n) is 16.6. The minimum Gasteiger partial charge on any atom is -0.494 e. The van der Waals surface area contributed by atoms with Crippen molar-refractivity contribution in [1.29, 1.82) is 0 Å². The number of ether oxygens (including phenoxy) is 1. The summed E-state index contributed by atoms with van der Waals surface area (Å²) in [5, 5.41) is 2.74. The van der Waals surface area contributed by atoms with E-state index in [1.54, 1.807) is 24.3 Å². The largest absolute Gasteiger partial charge is 0.494 e. The number of benzene rings is 2. The maximum Gasteiger partial charge on any atom is 0.256 e. The summed E-state index contributed by atoms with van der Waals surface area (Å²) in [6, 6.07) is 9.93. The molecule has 156 valence electrons. The number of carbonyl (C=O) groups is 3. The number of rotatable bonds is 5. The van der Waals surface area contributed by atoms with E-state index in [9.17, 15) is 18.8 Å². The van der Waals surface area contributed by atoms with Gasteiger partial charge in [-0.25, -0.2) is 4.39 Å². The number of anilines is 2. The number of hydrogen-bond donors (Lipinski definition) is 1. The normalized spacial score (nSPS) is 18.0. The van der Waals surface area contributed by atoms with Gasteiger partial charge in [0.25, 0.3) is 5.91 Å². The quantitative estimate of drug-likeness (QED) is 0.821. The van der Waals surface area contributed by atoms with Crippen LogP contribution >= 0.6 is 0 Å². The highest BCUT2D eigenvalue weighted by Gasteiger charge is 2.42. The molecular formula is C22H22FN3O4. The molecule has 0 saturated carbocycles. The Hall–Kier alpha value is -3.42. The van der Waals surface area contributed by atoms with Gasteiger partial charge in [-0.15, -0.1) is 0 Å². The first-order chi connectivity index (χ1) is 14.5. The highest BCUT2D eigenvalue weighted by atomic mass is 19.1. The molecule has 2 aliphatic heterocycles. The Morgan fingerprint density at radius 1 is 1.20 bits per heavy atom. The summed E-state index contributed by atoms with van der Waals surface area (Å²) in [6.07, 6.45) is 1.24. The van der Waals surface area contributed by atoms with Crippen LogP contribution in [-0.4, -0.2) is 48.4 Å². The number of fused-ring (bicyclic) bond motifs is 2. The van der Waals surface area contributed by atoms with Crippen LogP contribution in [0, 0.1) is 5.82 Å². The van der Waals surface area contributed by atoms with Gasteiger partial charge in [-0.3, -0.25) is 14.4 Å². The molecule has 2 aromatic carbocycles. The zero-order valence-corrected chi connectivity index (χ0v) is 16.6. The number of amides is 3. The van der Waals surface area contributed by atoms with E-state index in [0.29, 0.717) is 37.4 Å². The Morgan fingerprint density at radius 3 is 2.70 bits per heavy atom. The van der Waals surface area contributed by atoms with E-state index in [1.165, 1.54) is 21.9 Å². The smallest absolute Gasteiger partial charge is 0.256 e. The predicted molar refractivity (Wildman–Crippen MR) is 109 cm³/mol. The van der Waals surface area contributed by atoms with Gasteiger partial charge >= 0.3 is 0 Å². The van der Waals surface area contributed by atoms with Crippen LogP contribution in [0.15, 0.2) is 42.5 Å². The first kappa shape index (κ1) is 19.9. The molecule has 1 N–H and O–H groups in total. The number of nitrogens with one attached hydrogen (secondary N) is 1. The van der Waals surface area contributed by atoms with E-state index in [0.717, 1.165) is 6.07 Å². The van der Waals surface area contributed by atoms with Crippen molar-refractivity contribution in [3.63, 3.8) is 0 Å². The first-order valence-corrected chi connectivity index (χ1v) is 9.92. The lowest BCUT2D eigenvalue weighted by Crippen LogP contribution is -2.47. The number of halogens is 1. The van der Waals surface area contributed by atoms with Gasteiger partial charge in [0.05, 0.1) is 17.9 Å². The van der Waals surface area contributed by atoms with Crippen LogP contribution < -0.4 is 15.0 Å². The minimum atomic E-state index is -0.633. The number of hydrogen-bond acceptors (Lipinski definition) is 4. The summed E-state index contributed by atoms with van der Waals surface area (Å²) in [5.41, 5.74) is 0.896. The van der Waals surface area contributed by atoms with Crippen LogP contribution in [-0.2, 0) is 9.59 Å². The second kappa shape index (κ2) is 8.14. The van der Waals surface area contributed by atoms with Crippen molar-refractivity contribution in [2.75, 3.05) is 29.9 Å². The molecule has 1 atom stereocenters. The van der Waals surface area contributed by atoms with E-state index < -0.39 is 17.8 Å². The number of nitrogens with zero attached hydrogens (tertiary/aromatic N) is 2. The molecule has 1 saturated heterocycles. The predicted octanol–water partition coefficient (Wildman–Crippen LogP) is 2.81. The lowest BCUT2D eigenvalue weighted by atomic mass is 10.1. The van der Waals surface area contributed by atoms with Crippen LogP contribution in [0.5, 0.6) is 5.75 Å². The molecule has 0 aliphatic carbocycles. The van der Waals surface area contributed by atoms with Crippen molar-refractivity contribution in [3.8, 4) is 5.75 Å². The Kier molecular flexibility index (Phi) is 5.39. The minimum absolute atomic E-state index is 0.126. The molecule has 0 bridgehead atoms. The molecule has 0 aromatic heterocycles. The fraction of sp³-hybridized carbons (Fsp3) is 0.318. The molecular weight excluding hydrogens is 389 g/mol. The van der Waals surface area contributed by atoms with Crippen molar-refractivity contribution in [3.05, 3.63) is 53.8 Å². The molecule has 2 heterocycles. The van der Waals surface area contributed by atoms with Gasteiger partial charge in [0.1, 0.15) is 24.2 Å². The lowest BCUT2D eigenvalue weighted by Gasteiger charge is -2.25. The van der Waals surface area contributed by atoms with E-state index in [2.05, 4.69) is 5.32 Å². The fourth-order valence-corrected chi connectivity index (χ4v) is 3.94. The van der Waals surface area contributed by atoms with Crippen molar-refractivity contribution in [1.82, 2.24) is 4.90 Å². The van der Waals surface area contributed by atoms with Gasteiger partial charge in [0.15, 0.2) is 0 Å². The highest BCUT2D eigenvalue weighted by molar-refractivity contribution is 6.13. The average molecular weight is 411 g/mol. The summed E-state index contributed by atoms with van der Waals surface area (Å²) in [4.78, 5) is 41.5. The van der Waals surface area contributed by atoms with Gasteiger partial charge in [0.2, 0.25) is 11.8 Å². The monoisotopic (exact) mass is 411 g/mol. The summed E-state index contributed by atoms with van der Waals surface area (Å²) in [7, 11) is 0. The van der Waals surface area contributed by atoms with E-state index in [1.807, 2.05) is 6.92 Å². The molecule has 0 unspecified atom stereocenters.